The van der Waals surface area contributed by atoms with Crippen LogP contribution in [0, 0.1) is 0 Å². The van der Waals surface area contributed by atoms with Crippen molar-refractivity contribution < 1.29 is 24.8 Å². The third-order valence-corrected chi connectivity index (χ3v) is 5.06. The Morgan fingerprint density at radius 2 is 1.48 bits per heavy atom. The second-order valence-corrected chi connectivity index (χ2v) is 6.78. The first-order valence-electron chi connectivity index (χ1n) is 8.81. The molecule has 1 aromatic heterocycles. The van der Waals surface area contributed by atoms with Gasteiger partial charge in [0.15, 0.2) is 0 Å². The molecule has 4 N–H and O–H groups in total. The minimum Gasteiger partial charge on any atom is -0.508 e. The van der Waals surface area contributed by atoms with Crippen molar-refractivity contribution in [2.75, 3.05) is 0 Å². The van der Waals surface area contributed by atoms with E-state index in [1.165, 1.54) is 30.3 Å². The average molecular weight is 386 g/mol. The van der Waals surface area contributed by atoms with Gasteiger partial charge in [0, 0.05) is 17.7 Å². The van der Waals surface area contributed by atoms with Crippen LogP contribution in [0.1, 0.15) is 0 Å². The van der Waals surface area contributed by atoms with Crippen LogP contribution < -0.4 is 5.43 Å². The minimum absolute atomic E-state index is 0.0356. The summed E-state index contributed by atoms with van der Waals surface area (Å²) in [5.41, 5.74) is -0.268. The van der Waals surface area contributed by atoms with Gasteiger partial charge < -0.3 is 24.8 Å². The van der Waals surface area contributed by atoms with E-state index in [0.717, 1.165) is 5.39 Å². The van der Waals surface area contributed by atoms with Crippen molar-refractivity contribution in [1.82, 2.24) is 0 Å². The average Bonchev–Trinajstić information content (AvgIpc) is 2.69. The van der Waals surface area contributed by atoms with Gasteiger partial charge in [-0.3, -0.25) is 4.79 Å². The summed E-state index contributed by atoms with van der Waals surface area (Å²) in [6, 6.07) is 15.6. The van der Waals surface area contributed by atoms with E-state index >= 15 is 0 Å². The third-order valence-electron chi connectivity index (χ3n) is 5.06. The molecule has 0 aliphatic carbocycles. The molecule has 1 heterocycles. The van der Waals surface area contributed by atoms with E-state index in [9.17, 15) is 25.2 Å². The monoisotopic (exact) mass is 386 g/mol. The maximum absolute atomic E-state index is 13.0. The van der Waals surface area contributed by atoms with Crippen molar-refractivity contribution in [2.24, 2.45) is 0 Å². The Balaban J connectivity index is 1.96. The van der Waals surface area contributed by atoms with Gasteiger partial charge in [0.1, 0.15) is 39.6 Å². The lowest BCUT2D eigenvalue weighted by Gasteiger charge is -2.14. The Bertz CT molecular complexity index is 1510. The molecule has 0 atom stereocenters. The predicted molar refractivity (Wildman–Crippen MR) is 110 cm³/mol. The minimum atomic E-state index is -0.514. The van der Waals surface area contributed by atoms with E-state index in [1.807, 2.05) is 12.1 Å². The van der Waals surface area contributed by atoms with Crippen molar-refractivity contribution in [3.8, 4) is 34.1 Å². The van der Waals surface area contributed by atoms with E-state index in [-0.39, 0.29) is 50.3 Å². The molecule has 0 saturated heterocycles. The van der Waals surface area contributed by atoms with Crippen molar-refractivity contribution in [3.05, 3.63) is 70.9 Å². The van der Waals surface area contributed by atoms with Crippen LogP contribution >= 0.6 is 0 Å². The predicted octanol–water partition coefficient (Wildman–Crippen LogP) is 4.59. The Morgan fingerprint density at radius 1 is 0.690 bits per heavy atom. The third kappa shape index (κ3) is 2.39. The van der Waals surface area contributed by atoms with Gasteiger partial charge in [0.2, 0.25) is 5.43 Å². The Morgan fingerprint density at radius 3 is 2.31 bits per heavy atom. The van der Waals surface area contributed by atoms with E-state index in [4.69, 9.17) is 4.42 Å². The van der Waals surface area contributed by atoms with Crippen molar-refractivity contribution >= 4 is 32.7 Å². The number of fused-ring (bicyclic) bond motifs is 3. The van der Waals surface area contributed by atoms with Crippen molar-refractivity contribution in [3.63, 3.8) is 0 Å². The lowest BCUT2D eigenvalue weighted by molar-refractivity contribution is 0.452. The molecule has 6 nitrogen and oxygen atoms in total. The van der Waals surface area contributed by atoms with Gasteiger partial charge in [-0.25, -0.2) is 0 Å². The lowest BCUT2D eigenvalue weighted by atomic mass is 9.94. The number of rotatable bonds is 1. The highest BCUT2D eigenvalue weighted by Gasteiger charge is 2.23. The number of aromatic hydroxyl groups is 4. The summed E-state index contributed by atoms with van der Waals surface area (Å²) in [4.78, 5) is 13.0. The lowest BCUT2D eigenvalue weighted by Crippen LogP contribution is -2.03. The summed E-state index contributed by atoms with van der Waals surface area (Å²) in [6.45, 7) is 0. The number of phenols is 4. The van der Waals surface area contributed by atoms with Gasteiger partial charge in [-0.05, 0) is 29.0 Å². The van der Waals surface area contributed by atoms with Gasteiger partial charge in [0.05, 0.1) is 10.9 Å². The number of hydrogen-bond acceptors (Lipinski definition) is 6. The van der Waals surface area contributed by atoms with E-state index in [1.54, 1.807) is 18.2 Å². The second-order valence-electron chi connectivity index (χ2n) is 6.78. The molecule has 0 saturated carbocycles. The van der Waals surface area contributed by atoms with Crippen LogP contribution in [0.3, 0.4) is 0 Å². The van der Waals surface area contributed by atoms with E-state index in [2.05, 4.69) is 0 Å². The molecule has 0 bridgehead atoms. The first kappa shape index (κ1) is 16.9. The first-order chi connectivity index (χ1) is 14.0. The second kappa shape index (κ2) is 5.90. The Labute approximate surface area is 163 Å². The molecule has 5 rings (SSSR count). The largest absolute Gasteiger partial charge is 0.508 e. The fourth-order valence-corrected chi connectivity index (χ4v) is 3.74. The molecule has 4 aromatic carbocycles. The molecule has 0 unspecified atom stereocenters. The number of hydrogen-bond donors (Lipinski definition) is 4. The maximum Gasteiger partial charge on any atom is 0.204 e. The molecule has 5 aromatic rings. The fourth-order valence-electron chi connectivity index (χ4n) is 3.74. The highest BCUT2D eigenvalue weighted by Crippen LogP contribution is 2.48. The summed E-state index contributed by atoms with van der Waals surface area (Å²) in [7, 11) is 0. The van der Waals surface area contributed by atoms with Gasteiger partial charge in [-0.1, -0.05) is 30.3 Å². The van der Waals surface area contributed by atoms with Crippen LogP contribution in [0.4, 0.5) is 0 Å². The zero-order valence-electron chi connectivity index (χ0n) is 14.9. The molecule has 0 radical (unpaired) electrons. The SMILES string of the molecule is O=c1c2ccc(O)cc2oc2cc(O)c(-c3c(O)ccc4ccccc34)c(O)c12. The van der Waals surface area contributed by atoms with Crippen molar-refractivity contribution in [1.29, 1.82) is 0 Å². The quantitative estimate of drug-likeness (QED) is 0.314. The smallest absolute Gasteiger partial charge is 0.204 e. The standard InChI is InChI=1S/C23H14O6/c24-12-6-7-14-17(9-12)29-18-10-16(26)20(23(28)21(18)22(14)27)19-13-4-2-1-3-11(13)5-8-15(19)25/h1-10,24-26,28H. The van der Waals surface area contributed by atoms with Gasteiger partial charge in [-0.15, -0.1) is 0 Å². The van der Waals surface area contributed by atoms with Crippen molar-refractivity contribution in [2.45, 2.75) is 0 Å². The zero-order chi connectivity index (χ0) is 20.3. The maximum atomic E-state index is 13.0. The molecule has 0 aliphatic rings. The molecule has 0 aliphatic heterocycles. The molecule has 6 heteroatoms. The van der Waals surface area contributed by atoms with Crippen LogP contribution in [0.5, 0.6) is 23.0 Å². The molecular formula is C23H14O6. The topological polar surface area (TPSA) is 111 Å². The summed E-state index contributed by atoms with van der Waals surface area (Å²) in [6.07, 6.45) is 0. The van der Waals surface area contributed by atoms with Gasteiger partial charge in [-0.2, -0.15) is 0 Å². The number of phenolic OH excluding ortho intramolecular Hbond substituents is 4. The van der Waals surface area contributed by atoms with Gasteiger partial charge >= 0.3 is 0 Å². The molecule has 0 amide bonds. The zero-order valence-corrected chi connectivity index (χ0v) is 14.9. The highest BCUT2D eigenvalue weighted by atomic mass is 16.3. The summed E-state index contributed by atoms with van der Waals surface area (Å²) in [5.74, 6) is -1.07. The van der Waals surface area contributed by atoms with Crippen LogP contribution in [0.25, 0.3) is 43.8 Å². The molecular weight excluding hydrogens is 372 g/mol. The highest BCUT2D eigenvalue weighted by molar-refractivity contribution is 6.07. The van der Waals surface area contributed by atoms with Crippen LogP contribution in [-0.2, 0) is 0 Å². The summed E-state index contributed by atoms with van der Waals surface area (Å²) < 4.78 is 5.64. The summed E-state index contributed by atoms with van der Waals surface area (Å²) >= 11 is 0. The van der Waals surface area contributed by atoms with E-state index < -0.39 is 11.2 Å². The van der Waals surface area contributed by atoms with Crippen LogP contribution in [0.2, 0.25) is 0 Å². The Hall–Kier alpha value is -4.19. The molecule has 0 fully saturated rings. The normalized spacial score (nSPS) is 11.4. The van der Waals surface area contributed by atoms with Crippen LogP contribution in [-0.4, -0.2) is 20.4 Å². The summed E-state index contributed by atoms with van der Waals surface area (Å²) in [5, 5.41) is 43.2. The fraction of sp³-hybridized carbons (Fsp3) is 0. The molecule has 0 spiro atoms. The molecule has 29 heavy (non-hydrogen) atoms. The first-order valence-corrected chi connectivity index (χ1v) is 8.81. The Kier molecular flexibility index (Phi) is 3.45. The molecule has 142 valence electrons. The number of benzene rings is 4. The van der Waals surface area contributed by atoms with Gasteiger partial charge in [0.25, 0.3) is 0 Å². The van der Waals surface area contributed by atoms with Crippen LogP contribution in [0.15, 0.2) is 69.9 Å². The van der Waals surface area contributed by atoms with E-state index in [0.29, 0.717) is 5.39 Å².